The fraction of sp³-hybridized carbons (Fsp3) is 0.333. The average molecular weight is 323 g/mol. The van der Waals surface area contributed by atoms with Crippen molar-refractivity contribution in [1.29, 1.82) is 5.26 Å². The highest BCUT2D eigenvalue weighted by Crippen LogP contribution is 2.29. The molecule has 0 aliphatic heterocycles. The Morgan fingerprint density at radius 3 is 2.73 bits per heavy atom. The number of hydrogen-bond acceptors (Lipinski definition) is 3. The summed E-state index contributed by atoms with van der Waals surface area (Å²) < 4.78 is 25.9. The van der Waals surface area contributed by atoms with Crippen LogP contribution in [0.4, 0.5) is 8.78 Å². The number of pyridine rings is 1. The first-order chi connectivity index (χ1) is 7.11. The van der Waals surface area contributed by atoms with E-state index >= 15 is 0 Å². The second-order valence-corrected chi connectivity index (χ2v) is 3.88. The van der Waals surface area contributed by atoms with Crippen LogP contribution in [0, 0.1) is 14.9 Å². The standard InChI is InChI=1S/C9H8F2IN3/c10-9(11)7-6(1-2-13)15-4-5(3-14)8(7)12/h4,9H,1,3,14H2. The number of nitrogens with two attached hydrogens (primary N) is 1. The molecule has 0 spiro atoms. The van der Waals surface area contributed by atoms with Crippen molar-refractivity contribution in [3.05, 3.63) is 26.6 Å². The number of alkyl halides is 2. The van der Waals surface area contributed by atoms with Crippen LogP contribution in [0.15, 0.2) is 6.20 Å². The highest BCUT2D eigenvalue weighted by atomic mass is 127. The van der Waals surface area contributed by atoms with Gasteiger partial charge in [0.25, 0.3) is 6.43 Å². The summed E-state index contributed by atoms with van der Waals surface area (Å²) >= 11 is 1.81. The van der Waals surface area contributed by atoms with Crippen LogP contribution in [0.5, 0.6) is 0 Å². The van der Waals surface area contributed by atoms with Gasteiger partial charge in [0.2, 0.25) is 0 Å². The van der Waals surface area contributed by atoms with E-state index in [9.17, 15) is 8.78 Å². The summed E-state index contributed by atoms with van der Waals surface area (Å²) in [5, 5.41) is 8.48. The molecule has 0 aliphatic carbocycles. The van der Waals surface area contributed by atoms with Gasteiger partial charge < -0.3 is 5.73 Å². The number of nitrogens with zero attached hydrogens (tertiary/aromatic N) is 2. The maximum Gasteiger partial charge on any atom is 0.266 e. The second-order valence-electron chi connectivity index (χ2n) is 2.80. The number of rotatable bonds is 3. The van der Waals surface area contributed by atoms with Crippen molar-refractivity contribution in [3.63, 3.8) is 0 Å². The molecule has 0 unspecified atom stereocenters. The lowest BCUT2D eigenvalue weighted by Gasteiger charge is -2.10. The minimum absolute atomic E-state index is 0.111. The number of aromatic nitrogens is 1. The lowest BCUT2D eigenvalue weighted by Crippen LogP contribution is -2.08. The fourth-order valence-electron chi connectivity index (χ4n) is 1.16. The SMILES string of the molecule is N#CCc1ncc(CN)c(I)c1C(F)F. The minimum Gasteiger partial charge on any atom is -0.326 e. The minimum atomic E-state index is -2.63. The lowest BCUT2D eigenvalue weighted by atomic mass is 10.1. The molecule has 2 N–H and O–H groups in total. The molecular weight excluding hydrogens is 315 g/mol. The van der Waals surface area contributed by atoms with Gasteiger partial charge in [0.05, 0.1) is 23.7 Å². The van der Waals surface area contributed by atoms with Crippen molar-refractivity contribution < 1.29 is 8.78 Å². The first kappa shape index (κ1) is 12.3. The smallest absolute Gasteiger partial charge is 0.266 e. The first-order valence-corrected chi connectivity index (χ1v) is 5.21. The Hall–Kier alpha value is -0.810. The zero-order valence-electron chi connectivity index (χ0n) is 7.67. The molecule has 1 aromatic heterocycles. The van der Waals surface area contributed by atoms with Gasteiger partial charge in [-0.05, 0) is 28.2 Å². The van der Waals surface area contributed by atoms with Crippen LogP contribution in [-0.2, 0) is 13.0 Å². The molecule has 0 radical (unpaired) electrons. The molecule has 1 rings (SSSR count). The van der Waals surface area contributed by atoms with Crippen LogP contribution in [0.1, 0.15) is 23.2 Å². The van der Waals surface area contributed by atoms with Gasteiger partial charge >= 0.3 is 0 Å². The summed E-state index contributed by atoms with van der Waals surface area (Å²) in [5.74, 6) is 0. The van der Waals surface area contributed by atoms with Crippen LogP contribution in [0.3, 0.4) is 0 Å². The van der Waals surface area contributed by atoms with E-state index in [4.69, 9.17) is 11.0 Å². The van der Waals surface area contributed by atoms with Crippen molar-refractivity contribution in [2.75, 3.05) is 0 Å². The molecule has 0 bridgehead atoms. The Labute approximate surface area is 99.4 Å². The van der Waals surface area contributed by atoms with Crippen molar-refractivity contribution in [1.82, 2.24) is 4.98 Å². The zero-order valence-corrected chi connectivity index (χ0v) is 9.83. The van der Waals surface area contributed by atoms with E-state index < -0.39 is 6.43 Å². The average Bonchev–Trinajstić information content (AvgIpc) is 2.18. The Balaban J connectivity index is 3.32. The molecule has 3 nitrogen and oxygen atoms in total. The summed E-state index contributed by atoms with van der Waals surface area (Å²) in [7, 11) is 0. The molecule has 80 valence electrons. The highest BCUT2D eigenvalue weighted by Gasteiger charge is 2.19. The molecule has 0 saturated carbocycles. The third-order valence-electron chi connectivity index (χ3n) is 1.89. The summed E-state index contributed by atoms with van der Waals surface area (Å²) in [5.41, 5.74) is 5.93. The van der Waals surface area contributed by atoms with Crippen LogP contribution in [0.25, 0.3) is 0 Å². The quantitative estimate of drug-likeness (QED) is 0.867. The van der Waals surface area contributed by atoms with Gasteiger partial charge in [0, 0.05) is 16.3 Å². The Kier molecular flexibility index (Phi) is 4.35. The second kappa shape index (κ2) is 5.32. The predicted octanol–water partition coefficient (Wildman–Crippen LogP) is 2.15. The van der Waals surface area contributed by atoms with E-state index in [1.165, 1.54) is 6.20 Å². The van der Waals surface area contributed by atoms with Gasteiger partial charge in [-0.3, -0.25) is 4.98 Å². The molecule has 1 heterocycles. The maximum absolute atomic E-state index is 12.7. The summed E-state index contributed by atoms with van der Waals surface area (Å²) in [6.07, 6.45) is -1.29. The van der Waals surface area contributed by atoms with Gasteiger partial charge in [0.1, 0.15) is 0 Å². The van der Waals surface area contributed by atoms with E-state index in [1.54, 1.807) is 0 Å². The third kappa shape index (κ3) is 2.60. The van der Waals surface area contributed by atoms with Crippen LogP contribution in [-0.4, -0.2) is 4.98 Å². The van der Waals surface area contributed by atoms with E-state index in [0.717, 1.165) is 0 Å². The van der Waals surface area contributed by atoms with Crippen LogP contribution in [0.2, 0.25) is 0 Å². The Morgan fingerprint density at radius 1 is 1.60 bits per heavy atom. The summed E-state index contributed by atoms with van der Waals surface area (Å²) in [6.45, 7) is 0.165. The molecule has 0 aromatic carbocycles. The predicted molar refractivity (Wildman–Crippen MR) is 59.1 cm³/mol. The largest absolute Gasteiger partial charge is 0.326 e. The molecule has 15 heavy (non-hydrogen) atoms. The van der Waals surface area contributed by atoms with Crippen molar-refractivity contribution >= 4 is 22.6 Å². The Morgan fingerprint density at radius 2 is 2.27 bits per heavy atom. The fourth-order valence-corrected chi connectivity index (χ4v) is 2.07. The number of hydrogen-bond donors (Lipinski definition) is 1. The normalized spacial score (nSPS) is 10.4. The molecule has 0 saturated heterocycles. The molecular formula is C9H8F2IN3. The van der Waals surface area contributed by atoms with Crippen molar-refractivity contribution in [2.45, 2.75) is 19.4 Å². The van der Waals surface area contributed by atoms with E-state index in [0.29, 0.717) is 9.13 Å². The van der Waals surface area contributed by atoms with Crippen LogP contribution < -0.4 is 5.73 Å². The molecule has 6 heteroatoms. The van der Waals surface area contributed by atoms with E-state index in [2.05, 4.69) is 4.98 Å². The van der Waals surface area contributed by atoms with Gasteiger partial charge in [-0.15, -0.1) is 0 Å². The highest BCUT2D eigenvalue weighted by molar-refractivity contribution is 14.1. The van der Waals surface area contributed by atoms with Gasteiger partial charge in [-0.2, -0.15) is 5.26 Å². The van der Waals surface area contributed by atoms with E-state index in [1.807, 2.05) is 28.7 Å². The first-order valence-electron chi connectivity index (χ1n) is 4.13. The molecule has 0 fully saturated rings. The third-order valence-corrected chi connectivity index (χ3v) is 3.16. The lowest BCUT2D eigenvalue weighted by molar-refractivity contribution is 0.148. The summed E-state index contributed by atoms with van der Waals surface area (Å²) in [6, 6.07) is 1.81. The van der Waals surface area contributed by atoms with E-state index in [-0.39, 0.29) is 24.2 Å². The molecule has 0 amide bonds. The maximum atomic E-state index is 12.7. The van der Waals surface area contributed by atoms with Crippen molar-refractivity contribution in [3.8, 4) is 6.07 Å². The molecule has 0 atom stereocenters. The Bertz CT molecular complexity index is 401. The zero-order chi connectivity index (χ0) is 11.4. The van der Waals surface area contributed by atoms with Gasteiger partial charge in [-0.1, -0.05) is 0 Å². The van der Waals surface area contributed by atoms with Gasteiger partial charge in [0.15, 0.2) is 0 Å². The molecule has 1 aromatic rings. The van der Waals surface area contributed by atoms with Crippen LogP contribution >= 0.6 is 22.6 Å². The monoisotopic (exact) mass is 323 g/mol. The summed E-state index contributed by atoms with van der Waals surface area (Å²) in [4.78, 5) is 3.83. The number of nitriles is 1. The van der Waals surface area contributed by atoms with Crippen molar-refractivity contribution in [2.24, 2.45) is 5.73 Å². The number of halogens is 3. The topological polar surface area (TPSA) is 62.7 Å². The molecule has 0 aliphatic rings. The van der Waals surface area contributed by atoms with Gasteiger partial charge in [-0.25, -0.2) is 8.78 Å².